The Morgan fingerprint density at radius 1 is 1.21 bits per heavy atom. The maximum absolute atomic E-state index is 9.90. The number of hydrogen-bond donors (Lipinski definition) is 3. The second-order valence-electron chi connectivity index (χ2n) is 4.52. The molecular weight excluding hydrogens is 240 g/mol. The molecule has 0 saturated carbocycles. The zero-order valence-electron chi connectivity index (χ0n) is 10.5. The third-order valence-corrected chi connectivity index (χ3v) is 3.21. The van der Waals surface area contributed by atoms with E-state index in [2.05, 4.69) is 28.5 Å². The molecule has 0 fully saturated rings. The Morgan fingerprint density at radius 2 is 2.16 bits per heavy atom. The number of H-pyrrole nitrogens is 1. The van der Waals surface area contributed by atoms with Gasteiger partial charge in [0, 0.05) is 30.2 Å². The number of rotatable bonds is 5. The van der Waals surface area contributed by atoms with Crippen LogP contribution in [0.25, 0.3) is 10.9 Å². The smallest absolute Gasteiger partial charge is 0.133 e. The van der Waals surface area contributed by atoms with Gasteiger partial charge >= 0.3 is 0 Å². The molecule has 0 amide bonds. The molecule has 3 rings (SSSR count). The molecule has 0 bridgehead atoms. The lowest BCUT2D eigenvalue weighted by Crippen LogP contribution is -2.20. The molecule has 0 spiro atoms. The number of benzene rings is 1. The van der Waals surface area contributed by atoms with Gasteiger partial charge in [0.2, 0.25) is 0 Å². The summed E-state index contributed by atoms with van der Waals surface area (Å²) < 4.78 is 5.16. The molecule has 1 aromatic carbocycles. The molecule has 98 valence electrons. The van der Waals surface area contributed by atoms with Crippen LogP contribution in [0.5, 0.6) is 0 Å². The van der Waals surface area contributed by atoms with Crippen molar-refractivity contribution in [2.24, 2.45) is 0 Å². The van der Waals surface area contributed by atoms with E-state index in [1.165, 1.54) is 10.9 Å². The van der Waals surface area contributed by atoms with E-state index in [0.717, 1.165) is 5.52 Å². The predicted octanol–water partition coefficient (Wildman–Crippen LogP) is 2.58. The molecule has 2 aromatic heterocycles. The zero-order valence-corrected chi connectivity index (χ0v) is 10.5. The van der Waals surface area contributed by atoms with E-state index >= 15 is 0 Å². The molecular formula is C15H16N2O2. The van der Waals surface area contributed by atoms with Crippen molar-refractivity contribution in [2.75, 3.05) is 6.54 Å². The van der Waals surface area contributed by atoms with Crippen LogP contribution in [-0.2, 0) is 6.54 Å². The summed E-state index contributed by atoms with van der Waals surface area (Å²) in [6.45, 7) is 1.18. The molecule has 4 heteroatoms. The number of fused-ring (bicyclic) bond motifs is 1. The van der Waals surface area contributed by atoms with Gasteiger partial charge in [-0.25, -0.2) is 0 Å². The first-order valence-corrected chi connectivity index (χ1v) is 6.32. The van der Waals surface area contributed by atoms with E-state index in [-0.39, 0.29) is 0 Å². The second-order valence-corrected chi connectivity index (χ2v) is 4.52. The van der Waals surface area contributed by atoms with E-state index in [0.29, 0.717) is 18.8 Å². The third-order valence-electron chi connectivity index (χ3n) is 3.21. The minimum absolute atomic E-state index is 0.467. The Labute approximate surface area is 111 Å². The zero-order chi connectivity index (χ0) is 13.1. The van der Waals surface area contributed by atoms with Gasteiger partial charge in [-0.3, -0.25) is 0 Å². The normalized spacial score (nSPS) is 12.9. The lowest BCUT2D eigenvalue weighted by molar-refractivity contribution is 0.147. The third kappa shape index (κ3) is 2.54. The van der Waals surface area contributed by atoms with Gasteiger partial charge in [0.05, 0.1) is 6.26 Å². The van der Waals surface area contributed by atoms with E-state index in [1.54, 1.807) is 18.4 Å². The summed E-state index contributed by atoms with van der Waals surface area (Å²) in [5, 5.41) is 14.4. The lowest BCUT2D eigenvalue weighted by Gasteiger charge is -2.10. The summed E-state index contributed by atoms with van der Waals surface area (Å²) in [6, 6.07) is 11.8. The second kappa shape index (κ2) is 5.30. The predicted molar refractivity (Wildman–Crippen MR) is 73.7 cm³/mol. The van der Waals surface area contributed by atoms with E-state index in [1.807, 2.05) is 12.3 Å². The van der Waals surface area contributed by atoms with Crippen LogP contribution in [-0.4, -0.2) is 16.6 Å². The summed E-state index contributed by atoms with van der Waals surface area (Å²) in [5.41, 5.74) is 2.34. The van der Waals surface area contributed by atoms with Crippen LogP contribution in [0.4, 0.5) is 0 Å². The van der Waals surface area contributed by atoms with Crippen LogP contribution in [0.1, 0.15) is 17.4 Å². The molecule has 0 aliphatic heterocycles. The highest BCUT2D eigenvalue weighted by Gasteiger charge is 2.09. The maximum atomic E-state index is 9.90. The number of aliphatic hydroxyl groups excluding tert-OH is 1. The molecule has 3 N–H and O–H groups in total. The topological polar surface area (TPSA) is 61.2 Å². The molecule has 1 atom stereocenters. The Morgan fingerprint density at radius 3 is 3.00 bits per heavy atom. The standard InChI is InChI=1S/C15H16N2O2/c18-14(15-5-2-8-19-15)10-16-9-11-3-1-4-13-12(11)6-7-17-13/h1-8,14,16-18H,9-10H2/t14-/m1/s1. The largest absolute Gasteiger partial charge is 0.467 e. The number of aromatic amines is 1. The molecule has 19 heavy (non-hydrogen) atoms. The average Bonchev–Trinajstić information content (AvgIpc) is 3.10. The highest BCUT2D eigenvalue weighted by Crippen LogP contribution is 2.17. The van der Waals surface area contributed by atoms with Crippen molar-refractivity contribution < 1.29 is 9.52 Å². The Kier molecular flexibility index (Phi) is 3.35. The quantitative estimate of drug-likeness (QED) is 0.657. The van der Waals surface area contributed by atoms with Gasteiger partial charge in [-0.05, 0) is 29.8 Å². The maximum Gasteiger partial charge on any atom is 0.133 e. The van der Waals surface area contributed by atoms with Gasteiger partial charge in [-0.1, -0.05) is 12.1 Å². The van der Waals surface area contributed by atoms with Crippen LogP contribution >= 0.6 is 0 Å². The highest BCUT2D eigenvalue weighted by molar-refractivity contribution is 5.82. The first-order chi connectivity index (χ1) is 9.34. The minimum atomic E-state index is -0.611. The fourth-order valence-corrected chi connectivity index (χ4v) is 2.23. The number of nitrogens with one attached hydrogen (secondary N) is 2. The molecule has 0 aliphatic carbocycles. The number of furan rings is 1. The van der Waals surface area contributed by atoms with Gasteiger partial charge in [-0.2, -0.15) is 0 Å². The number of aliphatic hydroxyl groups is 1. The van der Waals surface area contributed by atoms with Crippen molar-refractivity contribution in [1.82, 2.24) is 10.3 Å². The molecule has 0 saturated heterocycles. The molecule has 0 unspecified atom stereocenters. The van der Waals surface area contributed by atoms with E-state index in [9.17, 15) is 5.11 Å². The SMILES string of the molecule is O[C@H](CNCc1cccc2[nH]ccc12)c1ccco1. The summed E-state index contributed by atoms with van der Waals surface area (Å²) in [7, 11) is 0. The summed E-state index contributed by atoms with van der Waals surface area (Å²) >= 11 is 0. The Bertz CT molecular complexity index is 643. The summed E-state index contributed by atoms with van der Waals surface area (Å²) in [4.78, 5) is 3.19. The Hall–Kier alpha value is -2.04. The Balaban J connectivity index is 1.62. The molecule has 2 heterocycles. The van der Waals surface area contributed by atoms with Crippen LogP contribution < -0.4 is 5.32 Å². The van der Waals surface area contributed by atoms with Crippen molar-refractivity contribution in [1.29, 1.82) is 0 Å². The molecule has 3 aromatic rings. The van der Waals surface area contributed by atoms with Crippen LogP contribution in [0.15, 0.2) is 53.3 Å². The molecule has 0 radical (unpaired) electrons. The number of hydrogen-bond acceptors (Lipinski definition) is 3. The highest BCUT2D eigenvalue weighted by atomic mass is 16.4. The van der Waals surface area contributed by atoms with Gasteiger partial charge < -0.3 is 19.8 Å². The first kappa shape index (κ1) is 12.0. The summed E-state index contributed by atoms with van der Waals surface area (Å²) in [6.07, 6.45) is 2.89. The van der Waals surface area contributed by atoms with Gasteiger partial charge in [0.15, 0.2) is 0 Å². The molecule has 0 aliphatic rings. The van der Waals surface area contributed by atoms with Crippen LogP contribution in [0, 0.1) is 0 Å². The van der Waals surface area contributed by atoms with Crippen molar-refractivity contribution >= 4 is 10.9 Å². The van der Waals surface area contributed by atoms with Crippen molar-refractivity contribution in [3.05, 3.63) is 60.2 Å². The number of aromatic nitrogens is 1. The first-order valence-electron chi connectivity index (χ1n) is 6.32. The fraction of sp³-hybridized carbons (Fsp3) is 0.200. The van der Waals surface area contributed by atoms with Crippen LogP contribution in [0.3, 0.4) is 0 Å². The van der Waals surface area contributed by atoms with E-state index < -0.39 is 6.10 Å². The minimum Gasteiger partial charge on any atom is -0.467 e. The van der Waals surface area contributed by atoms with E-state index in [4.69, 9.17) is 4.42 Å². The van der Waals surface area contributed by atoms with Crippen LogP contribution in [0.2, 0.25) is 0 Å². The average molecular weight is 256 g/mol. The summed E-state index contributed by atoms with van der Waals surface area (Å²) in [5.74, 6) is 0.590. The van der Waals surface area contributed by atoms with Crippen molar-refractivity contribution in [3.63, 3.8) is 0 Å². The van der Waals surface area contributed by atoms with Gasteiger partial charge in [0.1, 0.15) is 11.9 Å². The monoisotopic (exact) mass is 256 g/mol. The van der Waals surface area contributed by atoms with Gasteiger partial charge in [0.25, 0.3) is 0 Å². The molecule has 4 nitrogen and oxygen atoms in total. The lowest BCUT2D eigenvalue weighted by atomic mass is 10.1. The fourth-order valence-electron chi connectivity index (χ4n) is 2.23. The van der Waals surface area contributed by atoms with Crippen molar-refractivity contribution in [2.45, 2.75) is 12.6 Å². The van der Waals surface area contributed by atoms with Gasteiger partial charge in [-0.15, -0.1) is 0 Å². The van der Waals surface area contributed by atoms with Crippen molar-refractivity contribution in [3.8, 4) is 0 Å².